The average Bonchev–Trinajstić information content (AvgIpc) is 0.918. The molecule has 0 aromatic rings. The first-order chi connectivity index (χ1) is 1.41. The summed E-state index contributed by atoms with van der Waals surface area (Å²) in [5.41, 5.74) is 0. The van der Waals surface area contributed by atoms with Gasteiger partial charge in [-0.15, -0.1) is 5.34 Å². The monoisotopic (exact) mass is 74.0 g/mol. The van der Waals surface area contributed by atoms with Gasteiger partial charge < -0.3 is 10.1 Å². The molecule has 4 heteroatoms. The van der Waals surface area contributed by atoms with E-state index in [4.69, 9.17) is 10.1 Å². The van der Waals surface area contributed by atoms with E-state index in [0.717, 1.165) is 5.34 Å². The summed E-state index contributed by atoms with van der Waals surface area (Å²) in [6.07, 6.45) is 0. The third-order valence-electron chi connectivity index (χ3n) is 0. The van der Waals surface area contributed by atoms with Crippen molar-refractivity contribution in [2.45, 2.75) is 0 Å². The van der Waals surface area contributed by atoms with Crippen molar-refractivity contribution in [3.8, 4) is 0 Å². The van der Waals surface area contributed by atoms with Gasteiger partial charge in [0.05, 0.1) is 0 Å². The number of rotatable bonds is 0. The summed E-state index contributed by atoms with van der Waals surface area (Å²) >= 11 is 0. The third kappa shape index (κ3) is 29.4. The van der Waals surface area contributed by atoms with E-state index in [9.17, 15) is 0 Å². The Morgan fingerprint density at radius 3 is 1.75 bits per heavy atom. The normalized spacial score (nSPS) is 3.00. The van der Waals surface area contributed by atoms with Crippen molar-refractivity contribution in [1.82, 2.24) is 0 Å². The van der Waals surface area contributed by atoms with Gasteiger partial charge in [0.2, 0.25) is 0 Å². The Kier molecular flexibility index (Phi) is 22.1. The number of hydrogen-bond donors (Lipinski definition) is 0. The molecule has 0 aliphatic rings. The summed E-state index contributed by atoms with van der Waals surface area (Å²) in [6, 6.07) is 0. The van der Waals surface area contributed by atoms with Crippen molar-refractivity contribution in [1.29, 1.82) is 0 Å². The van der Waals surface area contributed by atoms with Gasteiger partial charge in [0, 0.05) is 0 Å². The zero-order valence-corrected chi connectivity index (χ0v) is 4.26. The molecule has 0 aliphatic carbocycles. The molecule has 4 heavy (non-hydrogen) atoms. The van der Waals surface area contributed by atoms with Crippen LogP contribution in [0.4, 0.5) is 0 Å². The first-order valence-corrected chi connectivity index (χ1v) is 0.365. The van der Waals surface area contributed by atoms with E-state index in [1.54, 1.807) is 0 Å². The quantitative estimate of drug-likeness (QED) is 0.103. The van der Waals surface area contributed by atoms with Crippen LogP contribution in [0.3, 0.4) is 0 Å². The molecule has 0 spiro atoms. The average molecular weight is 74.0 g/mol. The van der Waals surface area contributed by atoms with E-state index in [1.807, 2.05) is 0 Å². The largest absolute Gasteiger partial charge is 1.00 e. The van der Waals surface area contributed by atoms with Crippen molar-refractivity contribution in [3.05, 3.63) is 10.1 Å². The van der Waals surface area contributed by atoms with Gasteiger partial charge in [0.25, 0.3) is 0 Å². The summed E-state index contributed by atoms with van der Waals surface area (Å²) < 4.78 is 0. The van der Waals surface area contributed by atoms with Crippen molar-refractivity contribution >= 4 is 0 Å². The minimum atomic E-state index is 0. The zero-order valence-electron chi connectivity index (χ0n) is 2.26. The van der Waals surface area contributed by atoms with Gasteiger partial charge in [-0.3, -0.25) is 0 Å². The molecule has 0 saturated heterocycles. The predicted octanol–water partition coefficient (Wildman–Crippen LogP) is -2.75. The molecule has 0 aliphatic heterocycles. The van der Waals surface area contributed by atoms with Gasteiger partial charge in [-0.05, 0) is 0 Å². The van der Waals surface area contributed by atoms with Crippen LogP contribution in [0.15, 0.2) is 5.34 Å². The molecule has 0 aromatic carbocycles. The standard InChI is InChI=1S/HNO2.Na/c2-1-3;/h(H,2,3);/q;+1/p-1/i1+1,2+2,3+2;. The van der Waals surface area contributed by atoms with Crippen molar-refractivity contribution < 1.29 is 29.6 Å². The Morgan fingerprint density at radius 2 is 1.75 bits per heavy atom. The van der Waals surface area contributed by atoms with Crippen LogP contribution in [0.5, 0.6) is 0 Å². The molecule has 0 fully saturated rings. The second kappa shape index (κ2) is 9.99. The molecular formula is NNaO2. The molecule has 3 nitrogen and oxygen atoms in total. The second-order valence-electron chi connectivity index (χ2n) is 0.0745. The van der Waals surface area contributed by atoms with Gasteiger partial charge in [0.1, 0.15) is 0 Å². The van der Waals surface area contributed by atoms with Crippen molar-refractivity contribution in [2.24, 2.45) is 5.34 Å². The van der Waals surface area contributed by atoms with E-state index in [1.165, 1.54) is 0 Å². The maximum atomic E-state index is 8.00. The molecule has 0 aromatic heterocycles. The summed E-state index contributed by atoms with van der Waals surface area (Å²) in [7, 11) is 0. The maximum Gasteiger partial charge on any atom is 1.00 e. The molecule has 0 radical (unpaired) electrons. The van der Waals surface area contributed by atoms with Crippen molar-refractivity contribution in [2.75, 3.05) is 0 Å². The van der Waals surface area contributed by atoms with Gasteiger partial charge in [-0.25, -0.2) is 0 Å². The fraction of sp³-hybridized carbons (Fsp3) is 0. The third-order valence-corrected chi connectivity index (χ3v) is 0. The van der Waals surface area contributed by atoms with Crippen molar-refractivity contribution in [3.63, 3.8) is 0 Å². The van der Waals surface area contributed by atoms with Crippen LogP contribution >= 0.6 is 0 Å². The maximum absolute atomic E-state index is 8.00. The van der Waals surface area contributed by atoms with Gasteiger partial charge in [-0.1, -0.05) is 0 Å². The fourth-order valence-corrected chi connectivity index (χ4v) is 0. The minimum Gasteiger partial charge on any atom is -0.444 e. The molecule has 0 N–H and O–H groups in total. The van der Waals surface area contributed by atoms with E-state index >= 15 is 0 Å². The number of hydrogen-bond acceptors (Lipinski definition) is 3. The molecule has 0 rings (SSSR count). The number of nitrogens with zero attached hydrogens (tertiary/aromatic N) is 1. The summed E-state index contributed by atoms with van der Waals surface area (Å²) in [6.45, 7) is 0. The second-order valence-corrected chi connectivity index (χ2v) is 0.0745. The zero-order chi connectivity index (χ0) is 2.71. The molecule has 0 saturated carbocycles. The predicted molar refractivity (Wildman–Crippen MR) is 9.16 cm³/mol. The summed E-state index contributed by atoms with van der Waals surface area (Å²) in [5, 5.41) is 9.00. The van der Waals surface area contributed by atoms with Gasteiger partial charge in [0.15, 0.2) is 0 Å². The molecule has 0 amide bonds. The SMILES string of the molecule is [18O]=[15N][18O-].[Na+]. The van der Waals surface area contributed by atoms with Crippen LogP contribution in [-0.2, 0) is 0 Å². The molecule has 0 atom stereocenters. The van der Waals surface area contributed by atoms with Crippen LogP contribution < -0.4 is 29.6 Å². The topological polar surface area (TPSA) is 52.5 Å². The Labute approximate surface area is 45.2 Å². The minimum absolute atomic E-state index is 0. The van der Waals surface area contributed by atoms with E-state index in [-0.39, 0.29) is 29.6 Å². The van der Waals surface area contributed by atoms with Crippen LogP contribution in [-0.4, -0.2) is 0 Å². The molecular weight excluding hydrogens is 74.0 g/mol. The first-order valence-electron chi connectivity index (χ1n) is 0.365. The fourth-order valence-electron chi connectivity index (χ4n) is 0. The van der Waals surface area contributed by atoms with Crippen LogP contribution in [0, 0.1) is 10.1 Å². The molecule has 0 heterocycles. The van der Waals surface area contributed by atoms with E-state index < -0.39 is 0 Å². The van der Waals surface area contributed by atoms with Crippen LogP contribution in [0.2, 0.25) is 0 Å². The Hall–Kier alpha value is 0.400. The molecule has 0 unspecified atom stereocenters. The molecule has 18 valence electrons. The van der Waals surface area contributed by atoms with Crippen LogP contribution in [0.1, 0.15) is 0 Å². The Bertz CT molecular complexity index is 13.5. The van der Waals surface area contributed by atoms with E-state index in [2.05, 4.69) is 0 Å². The molecule has 0 bridgehead atoms. The van der Waals surface area contributed by atoms with E-state index in [0.29, 0.717) is 0 Å². The summed E-state index contributed by atoms with van der Waals surface area (Å²) in [4.78, 5) is 8.00. The van der Waals surface area contributed by atoms with Crippen LogP contribution in [0.25, 0.3) is 0 Å². The Morgan fingerprint density at radius 1 is 1.75 bits per heavy atom. The van der Waals surface area contributed by atoms with Gasteiger partial charge >= 0.3 is 29.6 Å². The first kappa shape index (κ1) is 8.83. The smallest absolute Gasteiger partial charge is 0.444 e. The summed E-state index contributed by atoms with van der Waals surface area (Å²) in [5.74, 6) is 0. The van der Waals surface area contributed by atoms with Gasteiger partial charge in [-0.2, -0.15) is 0 Å². The Balaban J connectivity index is 0.